The lowest BCUT2D eigenvalue weighted by molar-refractivity contribution is 0.0592. The molecule has 0 saturated heterocycles. The first-order valence-corrected chi connectivity index (χ1v) is 11.1. The van der Waals surface area contributed by atoms with E-state index in [2.05, 4.69) is 24.3 Å². The van der Waals surface area contributed by atoms with Crippen LogP contribution in [0.4, 0.5) is 0 Å². The minimum atomic E-state index is -0.336. The van der Waals surface area contributed by atoms with E-state index in [0.29, 0.717) is 11.1 Å². The Hall–Kier alpha value is -4.18. The van der Waals surface area contributed by atoms with Crippen LogP contribution in [0.1, 0.15) is 31.8 Å². The van der Waals surface area contributed by atoms with Gasteiger partial charge in [-0.15, -0.1) is 0 Å². The van der Waals surface area contributed by atoms with E-state index in [4.69, 9.17) is 9.47 Å². The zero-order chi connectivity index (χ0) is 23.9. The molecule has 0 saturated carbocycles. The Morgan fingerprint density at radius 1 is 0.529 bits per heavy atom. The van der Waals surface area contributed by atoms with Crippen molar-refractivity contribution in [3.8, 4) is 22.3 Å². The minimum Gasteiger partial charge on any atom is -0.465 e. The summed E-state index contributed by atoms with van der Waals surface area (Å²) in [7, 11) is 2.79. The summed E-state index contributed by atoms with van der Waals surface area (Å²) in [5.74, 6) is -0.672. The molecule has 0 atom stereocenters. The fraction of sp³-hybridized carbons (Fsp3) is 0.133. The van der Waals surface area contributed by atoms with Crippen molar-refractivity contribution >= 4 is 11.9 Å². The van der Waals surface area contributed by atoms with E-state index in [1.54, 1.807) is 12.1 Å². The highest BCUT2D eigenvalue weighted by atomic mass is 16.5. The molecule has 0 heterocycles. The molecule has 4 nitrogen and oxygen atoms in total. The van der Waals surface area contributed by atoms with E-state index in [1.807, 2.05) is 60.7 Å². The van der Waals surface area contributed by atoms with Gasteiger partial charge in [-0.05, 0) is 58.4 Å². The smallest absolute Gasteiger partial charge is 0.338 e. The molecule has 0 fully saturated rings. The molecule has 4 rings (SSSR count). The molecule has 170 valence electrons. The topological polar surface area (TPSA) is 52.6 Å². The highest BCUT2D eigenvalue weighted by Gasteiger charge is 2.13. The third-order valence-electron chi connectivity index (χ3n) is 5.90. The van der Waals surface area contributed by atoms with E-state index >= 15 is 0 Å². The summed E-state index contributed by atoms with van der Waals surface area (Å²) in [5.41, 5.74) is 7.27. The monoisotopic (exact) mass is 450 g/mol. The molecule has 0 amide bonds. The van der Waals surface area contributed by atoms with E-state index in [9.17, 15) is 9.59 Å². The zero-order valence-corrected chi connectivity index (χ0v) is 19.3. The molecular weight excluding hydrogens is 424 g/mol. The van der Waals surface area contributed by atoms with Crippen LogP contribution in [0.2, 0.25) is 0 Å². The molecule has 4 aromatic rings. The second-order valence-electron chi connectivity index (χ2n) is 7.97. The Bertz CT molecular complexity index is 1190. The number of aryl methyl sites for hydroxylation is 2. The van der Waals surface area contributed by atoms with Crippen LogP contribution in [0.3, 0.4) is 0 Å². The average Bonchev–Trinajstić information content (AvgIpc) is 2.91. The molecule has 0 spiro atoms. The molecular formula is C30H26O4. The molecule has 0 aromatic heterocycles. The van der Waals surface area contributed by atoms with Crippen LogP contribution in [0.15, 0.2) is 97.1 Å². The van der Waals surface area contributed by atoms with Gasteiger partial charge in [-0.2, -0.15) is 0 Å². The van der Waals surface area contributed by atoms with Crippen LogP contribution in [0.5, 0.6) is 0 Å². The van der Waals surface area contributed by atoms with Gasteiger partial charge in [-0.1, -0.05) is 84.9 Å². The van der Waals surface area contributed by atoms with Gasteiger partial charge in [-0.25, -0.2) is 9.59 Å². The quantitative estimate of drug-likeness (QED) is 0.307. The second-order valence-corrected chi connectivity index (χ2v) is 7.97. The maximum Gasteiger partial charge on any atom is 0.338 e. The number of hydrogen-bond acceptors (Lipinski definition) is 4. The molecule has 0 N–H and O–H groups in total. The summed E-state index contributed by atoms with van der Waals surface area (Å²) in [6, 6.07) is 31.5. The van der Waals surface area contributed by atoms with Crippen molar-refractivity contribution in [1.29, 1.82) is 0 Å². The number of hydrogen-bond donors (Lipinski definition) is 0. The number of methoxy groups -OCH3 is 2. The molecule has 4 heteroatoms. The number of carbonyl (C=O) groups is 2. The summed E-state index contributed by atoms with van der Waals surface area (Å²) in [6.07, 6.45) is 1.80. The highest BCUT2D eigenvalue weighted by Crippen LogP contribution is 2.26. The summed E-state index contributed by atoms with van der Waals surface area (Å²) in [6.45, 7) is 0. The number of benzene rings is 4. The van der Waals surface area contributed by atoms with Crippen molar-refractivity contribution in [2.24, 2.45) is 0 Å². The lowest BCUT2D eigenvalue weighted by Gasteiger charge is -2.10. The molecule has 0 aliphatic rings. The van der Waals surface area contributed by atoms with Gasteiger partial charge in [0.2, 0.25) is 0 Å². The van der Waals surface area contributed by atoms with Crippen LogP contribution in [0, 0.1) is 0 Å². The summed E-state index contributed by atoms with van der Waals surface area (Å²) in [5, 5.41) is 0. The van der Waals surface area contributed by atoms with Gasteiger partial charge in [-0.3, -0.25) is 0 Å². The first-order valence-electron chi connectivity index (χ1n) is 11.1. The maximum absolute atomic E-state index is 12.1. The first-order chi connectivity index (χ1) is 16.6. The molecule has 0 unspecified atom stereocenters. The first kappa shape index (κ1) is 23.0. The third-order valence-corrected chi connectivity index (χ3v) is 5.90. The van der Waals surface area contributed by atoms with Crippen molar-refractivity contribution in [3.63, 3.8) is 0 Å². The Morgan fingerprint density at radius 2 is 0.882 bits per heavy atom. The Morgan fingerprint density at radius 3 is 1.24 bits per heavy atom. The molecule has 0 radical (unpaired) electrons. The zero-order valence-electron chi connectivity index (χ0n) is 19.3. The summed E-state index contributed by atoms with van der Waals surface area (Å²) >= 11 is 0. The molecule has 0 bridgehead atoms. The van der Waals surface area contributed by atoms with E-state index in [-0.39, 0.29) is 11.9 Å². The molecule has 4 aromatic carbocycles. The van der Waals surface area contributed by atoms with Gasteiger partial charge in [0, 0.05) is 0 Å². The normalized spacial score (nSPS) is 10.5. The van der Waals surface area contributed by atoms with E-state index < -0.39 is 0 Å². The number of carbonyl (C=O) groups excluding carboxylic acids is 2. The van der Waals surface area contributed by atoms with Gasteiger partial charge >= 0.3 is 11.9 Å². The standard InChI is InChI=1S/C30H26O4/c1-33-29(31)27-9-5-3-7-25(27)23-17-13-21(14-18-23)11-12-22-15-19-24(20-16-22)26-8-4-6-10-28(26)30(32)34-2/h3-10,13-20H,11-12H2,1-2H3. The van der Waals surface area contributed by atoms with Crippen LogP contribution < -0.4 is 0 Å². The number of ether oxygens (including phenoxy) is 2. The summed E-state index contributed by atoms with van der Waals surface area (Å²) < 4.78 is 9.82. The van der Waals surface area contributed by atoms with Crippen molar-refractivity contribution in [2.75, 3.05) is 14.2 Å². The van der Waals surface area contributed by atoms with Crippen LogP contribution in [-0.2, 0) is 22.3 Å². The second kappa shape index (κ2) is 10.6. The van der Waals surface area contributed by atoms with E-state index in [1.165, 1.54) is 25.3 Å². The van der Waals surface area contributed by atoms with Crippen LogP contribution >= 0.6 is 0 Å². The van der Waals surface area contributed by atoms with Crippen molar-refractivity contribution in [1.82, 2.24) is 0 Å². The number of rotatable bonds is 7. The van der Waals surface area contributed by atoms with Gasteiger partial charge in [0.05, 0.1) is 25.3 Å². The number of esters is 2. The summed E-state index contributed by atoms with van der Waals surface area (Å²) in [4.78, 5) is 24.1. The van der Waals surface area contributed by atoms with Gasteiger partial charge in [0.25, 0.3) is 0 Å². The Labute approximate surface area is 199 Å². The predicted molar refractivity (Wildman–Crippen MR) is 134 cm³/mol. The molecule has 0 aliphatic heterocycles. The van der Waals surface area contributed by atoms with Gasteiger partial charge in [0.15, 0.2) is 0 Å². The molecule has 0 aliphatic carbocycles. The van der Waals surface area contributed by atoms with Crippen LogP contribution in [-0.4, -0.2) is 26.2 Å². The maximum atomic E-state index is 12.1. The van der Waals surface area contributed by atoms with Crippen molar-refractivity contribution < 1.29 is 19.1 Å². The van der Waals surface area contributed by atoms with Crippen LogP contribution in [0.25, 0.3) is 22.3 Å². The van der Waals surface area contributed by atoms with Gasteiger partial charge < -0.3 is 9.47 Å². The van der Waals surface area contributed by atoms with Crippen molar-refractivity contribution in [3.05, 3.63) is 119 Å². The fourth-order valence-corrected chi connectivity index (χ4v) is 4.04. The minimum absolute atomic E-state index is 0.336. The Balaban J connectivity index is 1.45. The van der Waals surface area contributed by atoms with Crippen molar-refractivity contribution in [2.45, 2.75) is 12.8 Å². The SMILES string of the molecule is COC(=O)c1ccccc1-c1ccc(CCc2ccc(-c3ccccc3C(=O)OC)cc2)cc1. The fourth-order valence-electron chi connectivity index (χ4n) is 4.04. The predicted octanol–water partition coefficient (Wildman–Crippen LogP) is 6.38. The van der Waals surface area contributed by atoms with E-state index in [0.717, 1.165) is 35.1 Å². The lowest BCUT2D eigenvalue weighted by atomic mass is 9.96. The lowest BCUT2D eigenvalue weighted by Crippen LogP contribution is -2.03. The van der Waals surface area contributed by atoms with Gasteiger partial charge in [0.1, 0.15) is 0 Å². The average molecular weight is 451 g/mol. The highest BCUT2D eigenvalue weighted by molar-refractivity contribution is 5.98. The molecule has 34 heavy (non-hydrogen) atoms. The largest absolute Gasteiger partial charge is 0.465 e. The third kappa shape index (κ3) is 5.07. The Kier molecular flexibility index (Phi) is 7.19.